The van der Waals surface area contributed by atoms with Crippen LogP contribution in [0.15, 0.2) is 30.3 Å². The lowest BCUT2D eigenvalue weighted by Crippen LogP contribution is -1.93. The largest absolute Gasteiger partial charge is 0.250 e. The molecule has 0 fully saturated rings. The molecule has 0 atom stereocenters. The van der Waals surface area contributed by atoms with E-state index in [4.69, 9.17) is 0 Å². The molecule has 1 aromatic heterocycles. The first kappa shape index (κ1) is 10.8. The van der Waals surface area contributed by atoms with Gasteiger partial charge in [-0.05, 0) is 25.5 Å². The van der Waals surface area contributed by atoms with E-state index in [9.17, 15) is 4.39 Å². The van der Waals surface area contributed by atoms with Crippen LogP contribution in [0.1, 0.15) is 18.1 Å². The van der Waals surface area contributed by atoms with Crippen LogP contribution in [0.25, 0.3) is 0 Å². The number of nitrogens with zero attached hydrogens (tertiary/aromatic N) is 3. The molecule has 3 rings (SSSR count). The third-order valence-corrected chi connectivity index (χ3v) is 2.36. The summed E-state index contributed by atoms with van der Waals surface area (Å²) in [6.45, 7) is 3.00. The number of halogens is 1. The second-order valence-electron chi connectivity index (χ2n) is 3.70. The van der Waals surface area contributed by atoms with Crippen molar-refractivity contribution in [1.82, 2.24) is 14.8 Å². The van der Waals surface area contributed by atoms with Gasteiger partial charge in [-0.15, -0.1) is 0 Å². The minimum atomic E-state index is -0.178. The van der Waals surface area contributed by atoms with E-state index in [0.717, 1.165) is 24.6 Å². The average Bonchev–Trinajstić information content (AvgIpc) is 2.79. The van der Waals surface area contributed by atoms with E-state index in [-0.39, 0.29) is 5.82 Å². The Labute approximate surface area is 93.9 Å². The molecule has 0 spiro atoms. The summed E-state index contributed by atoms with van der Waals surface area (Å²) in [5.41, 5.74) is 0. The number of aryl methyl sites for hydroxylation is 3. The van der Waals surface area contributed by atoms with E-state index in [1.54, 1.807) is 18.2 Å². The normalized spacial score (nSPS) is 12.9. The van der Waals surface area contributed by atoms with Gasteiger partial charge in [0.1, 0.15) is 17.5 Å². The van der Waals surface area contributed by atoms with Crippen molar-refractivity contribution in [1.29, 1.82) is 0 Å². The van der Waals surface area contributed by atoms with E-state index in [1.165, 1.54) is 18.6 Å². The van der Waals surface area contributed by atoms with Gasteiger partial charge in [-0.2, -0.15) is 5.10 Å². The molecule has 4 heteroatoms. The highest BCUT2D eigenvalue weighted by Gasteiger charge is 2.12. The van der Waals surface area contributed by atoms with Crippen LogP contribution in [0.3, 0.4) is 0 Å². The van der Waals surface area contributed by atoms with Crippen molar-refractivity contribution in [2.45, 2.75) is 26.3 Å². The molecule has 0 unspecified atom stereocenters. The fourth-order valence-corrected chi connectivity index (χ4v) is 1.66. The number of fused-ring (bicyclic) bond motifs is 1. The van der Waals surface area contributed by atoms with E-state index in [0.29, 0.717) is 0 Å². The molecule has 0 saturated heterocycles. The zero-order valence-electron chi connectivity index (χ0n) is 9.23. The van der Waals surface area contributed by atoms with Gasteiger partial charge in [-0.1, -0.05) is 18.2 Å². The van der Waals surface area contributed by atoms with Crippen LogP contribution < -0.4 is 0 Å². The molecule has 0 aliphatic carbocycles. The zero-order chi connectivity index (χ0) is 11.4. The number of rotatable bonds is 0. The van der Waals surface area contributed by atoms with Crippen molar-refractivity contribution in [3.63, 3.8) is 0 Å². The predicted octanol–water partition coefficient (Wildman–Crippen LogP) is 2.36. The van der Waals surface area contributed by atoms with Gasteiger partial charge < -0.3 is 0 Å². The molecule has 2 aromatic rings. The Balaban J connectivity index is 0.000000125. The Morgan fingerprint density at radius 3 is 2.56 bits per heavy atom. The molecule has 1 aromatic carbocycles. The molecule has 0 saturated carbocycles. The summed E-state index contributed by atoms with van der Waals surface area (Å²) in [5.74, 6) is 1.89. The molecular formula is C12H14FN3. The van der Waals surface area contributed by atoms with Crippen LogP contribution in [-0.2, 0) is 13.0 Å². The van der Waals surface area contributed by atoms with Gasteiger partial charge in [0, 0.05) is 13.0 Å². The first-order chi connectivity index (χ1) is 7.75. The number of aromatic nitrogens is 3. The zero-order valence-corrected chi connectivity index (χ0v) is 9.23. The Kier molecular flexibility index (Phi) is 3.29. The topological polar surface area (TPSA) is 30.7 Å². The quantitative estimate of drug-likeness (QED) is 0.681. The Bertz CT molecular complexity index is 429. The summed E-state index contributed by atoms with van der Waals surface area (Å²) in [6, 6.07) is 7.94. The first-order valence-electron chi connectivity index (χ1n) is 5.36. The SMILES string of the molecule is Cc1nc2n(n1)CCC2.Fc1ccccc1. The van der Waals surface area contributed by atoms with Crippen LogP contribution in [0, 0.1) is 12.7 Å². The summed E-state index contributed by atoms with van der Waals surface area (Å²) >= 11 is 0. The molecule has 1 aliphatic rings. The molecule has 16 heavy (non-hydrogen) atoms. The van der Waals surface area contributed by atoms with Gasteiger partial charge in [0.2, 0.25) is 0 Å². The van der Waals surface area contributed by atoms with Crippen molar-refractivity contribution >= 4 is 0 Å². The highest BCUT2D eigenvalue weighted by atomic mass is 19.1. The number of hydrogen-bond donors (Lipinski definition) is 0. The van der Waals surface area contributed by atoms with Crippen molar-refractivity contribution in [2.24, 2.45) is 0 Å². The molecule has 3 nitrogen and oxygen atoms in total. The summed E-state index contributed by atoms with van der Waals surface area (Å²) < 4.78 is 13.9. The molecule has 0 bridgehead atoms. The molecule has 0 amide bonds. The second kappa shape index (κ2) is 4.88. The van der Waals surface area contributed by atoms with Crippen molar-refractivity contribution < 1.29 is 4.39 Å². The Morgan fingerprint density at radius 2 is 2.00 bits per heavy atom. The monoisotopic (exact) mass is 219 g/mol. The van der Waals surface area contributed by atoms with Crippen LogP contribution >= 0.6 is 0 Å². The summed E-state index contributed by atoms with van der Waals surface area (Å²) in [5, 5.41) is 4.20. The summed E-state index contributed by atoms with van der Waals surface area (Å²) in [7, 11) is 0. The molecule has 1 aliphatic heterocycles. The maximum Gasteiger partial charge on any atom is 0.147 e. The van der Waals surface area contributed by atoms with Crippen LogP contribution in [0.5, 0.6) is 0 Å². The molecule has 0 radical (unpaired) electrons. The van der Waals surface area contributed by atoms with Crippen LogP contribution in [0.4, 0.5) is 4.39 Å². The highest BCUT2D eigenvalue weighted by Crippen LogP contribution is 2.09. The number of benzene rings is 1. The maximum absolute atomic E-state index is 11.9. The lowest BCUT2D eigenvalue weighted by molar-refractivity contribution is 0.628. The van der Waals surface area contributed by atoms with Crippen molar-refractivity contribution in [2.75, 3.05) is 0 Å². The van der Waals surface area contributed by atoms with E-state index >= 15 is 0 Å². The van der Waals surface area contributed by atoms with E-state index in [1.807, 2.05) is 11.6 Å². The van der Waals surface area contributed by atoms with Crippen molar-refractivity contribution in [3.8, 4) is 0 Å². The summed E-state index contributed by atoms with van der Waals surface area (Å²) in [4.78, 5) is 4.24. The fraction of sp³-hybridized carbons (Fsp3) is 0.333. The third-order valence-electron chi connectivity index (χ3n) is 2.36. The molecule has 0 N–H and O–H groups in total. The van der Waals surface area contributed by atoms with Gasteiger partial charge in [0.15, 0.2) is 0 Å². The smallest absolute Gasteiger partial charge is 0.147 e. The highest BCUT2D eigenvalue weighted by molar-refractivity contribution is 5.02. The standard InChI is InChI=1S/C6H5F.C6H9N3/c7-6-4-2-1-3-5-6;1-5-7-6-3-2-4-9(6)8-5/h1-5H;2-4H2,1H3. The third kappa shape index (κ3) is 2.66. The molecule has 84 valence electrons. The van der Waals surface area contributed by atoms with E-state index < -0.39 is 0 Å². The van der Waals surface area contributed by atoms with Gasteiger partial charge in [0.05, 0.1) is 0 Å². The predicted molar refractivity (Wildman–Crippen MR) is 59.5 cm³/mol. The summed E-state index contributed by atoms with van der Waals surface area (Å²) in [6.07, 6.45) is 2.33. The lowest BCUT2D eigenvalue weighted by atomic mass is 10.4. The minimum Gasteiger partial charge on any atom is -0.250 e. The van der Waals surface area contributed by atoms with Crippen LogP contribution in [-0.4, -0.2) is 14.8 Å². The number of hydrogen-bond acceptors (Lipinski definition) is 2. The average molecular weight is 219 g/mol. The maximum atomic E-state index is 11.9. The van der Waals surface area contributed by atoms with Crippen LogP contribution in [0.2, 0.25) is 0 Å². The Hall–Kier alpha value is -1.71. The minimum absolute atomic E-state index is 0.178. The molecule has 2 heterocycles. The Morgan fingerprint density at radius 1 is 1.25 bits per heavy atom. The van der Waals surface area contributed by atoms with E-state index in [2.05, 4.69) is 10.1 Å². The van der Waals surface area contributed by atoms with Gasteiger partial charge in [-0.25, -0.2) is 14.1 Å². The van der Waals surface area contributed by atoms with Gasteiger partial charge in [-0.3, -0.25) is 0 Å². The fourth-order valence-electron chi connectivity index (χ4n) is 1.66. The van der Waals surface area contributed by atoms with Gasteiger partial charge in [0.25, 0.3) is 0 Å². The lowest BCUT2D eigenvalue weighted by Gasteiger charge is -1.86. The first-order valence-corrected chi connectivity index (χ1v) is 5.36. The van der Waals surface area contributed by atoms with Gasteiger partial charge >= 0.3 is 0 Å². The molecular weight excluding hydrogens is 205 g/mol. The van der Waals surface area contributed by atoms with Crippen molar-refractivity contribution in [3.05, 3.63) is 47.8 Å². The second-order valence-corrected chi connectivity index (χ2v) is 3.70.